The first kappa shape index (κ1) is 17.6. The first-order valence-corrected chi connectivity index (χ1v) is 8.69. The van der Waals surface area contributed by atoms with Crippen molar-refractivity contribution in [3.05, 3.63) is 63.6 Å². The molecule has 3 rings (SSSR count). The Balaban J connectivity index is 1.71. The van der Waals surface area contributed by atoms with Crippen LogP contribution in [0.2, 0.25) is 0 Å². The molecule has 0 aliphatic heterocycles. The number of fused-ring (bicyclic) bond motifs is 1. The zero-order chi connectivity index (χ0) is 18.0. The number of carbonyl (C=O) groups is 1. The van der Waals surface area contributed by atoms with E-state index in [0.717, 1.165) is 22.3 Å². The Morgan fingerprint density at radius 1 is 1.20 bits per heavy atom. The van der Waals surface area contributed by atoms with Gasteiger partial charge in [0.25, 0.3) is 0 Å². The maximum absolute atomic E-state index is 12.6. The van der Waals surface area contributed by atoms with E-state index in [1.165, 1.54) is 29.6 Å². The van der Waals surface area contributed by atoms with Gasteiger partial charge in [-0.25, -0.2) is 4.98 Å². The van der Waals surface area contributed by atoms with Crippen LogP contribution in [-0.4, -0.2) is 10.9 Å². The predicted octanol–water partition coefficient (Wildman–Crippen LogP) is 5.73. The average Bonchev–Trinajstić information content (AvgIpc) is 3.00. The quantitative estimate of drug-likeness (QED) is 0.543. The SMILES string of the molecule is O=C(C=Cc1ccc(C(F)(F)F)cc1Br)Nc1ccc2ncsc2c1. The molecule has 0 bridgehead atoms. The number of benzene rings is 2. The molecule has 0 atom stereocenters. The van der Waals surface area contributed by atoms with E-state index >= 15 is 0 Å². The normalized spacial score (nSPS) is 12.0. The number of carbonyl (C=O) groups excluding carboxylic acids is 1. The highest BCUT2D eigenvalue weighted by atomic mass is 79.9. The fraction of sp³-hybridized carbons (Fsp3) is 0.0588. The number of hydrogen-bond donors (Lipinski definition) is 1. The lowest BCUT2D eigenvalue weighted by Gasteiger charge is -2.08. The topological polar surface area (TPSA) is 42.0 Å². The molecule has 0 unspecified atom stereocenters. The number of amides is 1. The van der Waals surface area contributed by atoms with E-state index in [1.807, 2.05) is 6.07 Å². The van der Waals surface area contributed by atoms with Crippen molar-refractivity contribution < 1.29 is 18.0 Å². The summed E-state index contributed by atoms with van der Waals surface area (Å²) in [5, 5.41) is 2.71. The zero-order valence-electron chi connectivity index (χ0n) is 12.5. The van der Waals surface area contributed by atoms with Crippen LogP contribution < -0.4 is 5.32 Å². The van der Waals surface area contributed by atoms with Crippen LogP contribution in [0.5, 0.6) is 0 Å². The fourth-order valence-corrected chi connectivity index (χ4v) is 3.35. The number of alkyl halides is 3. The third-order valence-electron chi connectivity index (χ3n) is 3.34. The first-order chi connectivity index (χ1) is 11.8. The standard InChI is InChI=1S/C17H10BrF3N2OS/c18-13-7-11(17(19,20)21)3-1-10(13)2-6-16(24)23-12-4-5-14-15(8-12)25-9-22-14/h1-9H,(H,23,24). The lowest BCUT2D eigenvalue weighted by atomic mass is 10.1. The van der Waals surface area contributed by atoms with Gasteiger partial charge in [0.2, 0.25) is 5.91 Å². The second kappa shape index (κ2) is 6.97. The number of anilines is 1. The molecule has 0 saturated carbocycles. The molecule has 1 heterocycles. The van der Waals surface area contributed by atoms with Crippen molar-refractivity contribution >= 4 is 55.2 Å². The molecule has 3 nitrogen and oxygen atoms in total. The van der Waals surface area contributed by atoms with Crippen molar-refractivity contribution in [2.45, 2.75) is 6.18 Å². The van der Waals surface area contributed by atoms with Crippen LogP contribution in [0.1, 0.15) is 11.1 Å². The highest BCUT2D eigenvalue weighted by Crippen LogP contribution is 2.32. The van der Waals surface area contributed by atoms with Crippen molar-refractivity contribution in [2.24, 2.45) is 0 Å². The number of nitrogens with zero attached hydrogens (tertiary/aromatic N) is 1. The molecule has 0 saturated heterocycles. The highest BCUT2D eigenvalue weighted by Gasteiger charge is 2.30. The molecule has 0 aliphatic rings. The number of aromatic nitrogens is 1. The summed E-state index contributed by atoms with van der Waals surface area (Å²) in [5.74, 6) is -0.379. The molecule has 0 fully saturated rings. The van der Waals surface area contributed by atoms with Gasteiger partial charge in [-0.3, -0.25) is 4.79 Å². The van der Waals surface area contributed by atoms with Crippen molar-refractivity contribution in [3.63, 3.8) is 0 Å². The molecular weight excluding hydrogens is 417 g/mol. The number of halogens is 4. The average molecular weight is 427 g/mol. The maximum atomic E-state index is 12.6. The van der Waals surface area contributed by atoms with Crippen LogP contribution in [0.4, 0.5) is 18.9 Å². The van der Waals surface area contributed by atoms with Gasteiger partial charge >= 0.3 is 6.18 Å². The Labute approximate surface area is 153 Å². The minimum atomic E-state index is -4.41. The lowest BCUT2D eigenvalue weighted by Crippen LogP contribution is -2.07. The summed E-state index contributed by atoms with van der Waals surface area (Å²) < 4.78 is 39.1. The summed E-state index contributed by atoms with van der Waals surface area (Å²) in [5.41, 5.74) is 2.92. The van der Waals surface area contributed by atoms with Crippen LogP contribution in [0.25, 0.3) is 16.3 Å². The molecule has 1 amide bonds. The van der Waals surface area contributed by atoms with Crippen LogP contribution in [-0.2, 0) is 11.0 Å². The first-order valence-electron chi connectivity index (χ1n) is 7.02. The second-order valence-electron chi connectivity index (χ2n) is 5.09. The lowest BCUT2D eigenvalue weighted by molar-refractivity contribution is -0.137. The Kier molecular flexibility index (Phi) is 4.91. The minimum absolute atomic E-state index is 0.262. The fourth-order valence-electron chi connectivity index (χ4n) is 2.12. The minimum Gasteiger partial charge on any atom is -0.322 e. The molecule has 1 aromatic heterocycles. The smallest absolute Gasteiger partial charge is 0.322 e. The van der Waals surface area contributed by atoms with Gasteiger partial charge in [0.05, 0.1) is 21.3 Å². The second-order valence-corrected chi connectivity index (χ2v) is 6.83. The van der Waals surface area contributed by atoms with Crippen LogP contribution in [0.3, 0.4) is 0 Å². The maximum Gasteiger partial charge on any atom is 0.416 e. The molecule has 2 aromatic carbocycles. The Bertz CT molecular complexity index is 966. The summed E-state index contributed by atoms with van der Waals surface area (Å²) in [6, 6.07) is 8.61. The molecular formula is C17H10BrF3N2OS. The third kappa shape index (κ3) is 4.26. The molecule has 1 N–H and O–H groups in total. The van der Waals surface area contributed by atoms with Gasteiger partial charge in [-0.15, -0.1) is 11.3 Å². The van der Waals surface area contributed by atoms with E-state index in [2.05, 4.69) is 26.2 Å². The van der Waals surface area contributed by atoms with Crippen molar-refractivity contribution in [2.75, 3.05) is 5.32 Å². The Hall–Kier alpha value is -2.19. The van der Waals surface area contributed by atoms with E-state index in [9.17, 15) is 18.0 Å². The summed E-state index contributed by atoms with van der Waals surface area (Å²) >= 11 is 4.56. The third-order valence-corrected chi connectivity index (χ3v) is 4.82. The van der Waals surface area contributed by atoms with E-state index in [1.54, 1.807) is 17.6 Å². The summed E-state index contributed by atoms with van der Waals surface area (Å²) in [4.78, 5) is 16.1. The molecule has 128 valence electrons. The van der Waals surface area contributed by atoms with Crippen LogP contribution >= 0.6 is 27.3 Å². The van der Waals surface area contributed by atoms with E-state index in [0.29, 0.717) is 11.3 Å². The van der Waals surface area contributed by atoms with Crippen molar-refractivity contribution in [1.82, 2.24) is 4.98 Å². The highest BCUT2D eigenvalue weighted by molar-refractivity contribution is 9.10. The summed E-state index contributed by atoms with van der Waals surface area (Å²) in [6.45, 7) is 0. The number of thiazole rings is 1. The Morgan fingerprint density at radius 3 is 2.72 bits per heavy atom. The van der Waals surface area contributed by atoms with Gasteiger partial charge in [-0.2, -0.15) is 13.2 Å². The molecule has 0 aliphatic carbocycles. The van der Waals surface area contributed by atoms with Crippen LogP contribution in [0, 0.1) is 0 Å². The van der Waals surface area contributed by atoms with Crippen LogP contribution in [0.15, 0.2) is 52.5 Å². The van der Waals surface area contributed by atoms with Gasteiger partial charge in [0.1, 0.15) is 0 Å². The van der Waals surface area contributed by atoms with E-state index < -0.39 is 11.7 Å². The molecule has 3 aromatic rings. The summed E-state index contributed by atoms with van der Waals surface area (Å²) in [6.07, 6.45) is -1.69. The number of nitrogens with one attached hydrogen (secondary N) is 1. The van der Waals surface area contributed by atoms with Crippen molar-refractivity contribution in [3.8, 4) is 0 Å². The summed E-state index contributed by atoms with van der Waals surface area (Å²) in [7, 11) is 0. The van der Waals surface area contributed by atoms with Gasteiger partial charge < -0.3 is 5.32 Å². The number of rotatable bonds is 3. The van der Waals surface area contributed by atoms with Crippen molar-refractivity contribution in [1.29, 1.82) is 0 Å². The van der Waals surface area contributed by atoms with Gasteiger partial charge in [0.15, 0.2) is 0 Å². The number of hydrogen-bond acceptors (Lipinski definition) is 3. The van der Waals surface area contributed by atoms with Gasteiger partial charge in [-0.1, -0.05) is 22.0 Å². The van der Waals surface area contributed by atoms with Gasteiger partial charge in [0, 0.05) is 16.2 Å². The van der Waals surface area contributed by atoms with Gasteiger partial charge in [-0.05, 0) is 42.0 Å². The molecule has 8 heteroatoms. The largest absolute Gasteiger partial charge is 0.416 e. The Morgan fingerprint density at radius 2 is 2.00 bits per heavy atom. The monoisotopic (exact) mass is 426 g/mol. The van der Waals surface area contributed by atoms with E-state index in [4.69, 9.17) is 0 Å². The zero-order valence-corrected chi connectivity index (χ0v) is 14.9. The molecule has 25 heavy (non-hydrogen) atoms. The predicted molar refractivity (Wildman–Crippen MR) is 96.4 cm³/mol. The van der Waals surface area contributed by atoms with E-state index in [-0.39, 0.29) is 10.4 Å². The molecule has 0 radical (unpaired) electrons. The molecule has 0 spiro atoms.